The number of rotatable bonds is 4. The zero-order chi connectivity index (χ0) is 16.4. The molecule has 24 heavy (non-hydrogen) atoms. The molecule has 1 aliphatic carbocycles. The van der Waals surface area contributed by atoms with Gasteiger partial charge in [-0.3, -0.25) is 4.79 Å². The third kappa shape index (κ3) is 3.33. The van der Waals surface area contributed by atoms with Crippen molar-refractivity contribution in [2.75, 3.05) is 13.1 Å². The van der Waals surface area contributed by atoms with E-state index in [4.69, 9.17) is 4.42 Å². The Hall–Kier alpha value is -1.84. The van der Waals surface area contributed by atoms with Crippen LogP contribution >= 0.6 is 0 Å². The van der Waals surface area contributed by atoms with Crippen molar-refractivity contribution < 1.29 is 9.21 Å². The smallest absolute Gasteiger partial charge is 0.222 e. The summed E-state index contributed by atoms with van der Waals surface area (Å²) in [6.07, 6.45) is 8.80. The molecule has 1 saturated carbocycles. The zero-order valence-electron chi connectivity index (χ0n) is 14.2. The van der Waals surface area contributed by atoms with Crippen molar-refractivity contribution in [2.45, 2.75) is 51.4 Å². The summed E-state index contributed by atoms with van der Waals surface area (Å²) in [6.45, 7) is 1.95. The van der Waals surface area contributed by atoms with E-state index in [0.717, 1.165) is 54.8 Å². The van der Waals surface area contributed by atoms with Gasteiger partial charge in [-0.05, 0) is 43.2 Å². The first kappa shape index (κ1) is 15.7. The van der Waals surface area contributed by atoms with Crippen LogP contribution in [0, 0.1) is 11.8 Å². The van der Waals surface area contributed by atoms with E-state index in [-0.39, 0.29) is 0 Å². The highest BCUT2D eigenvalue weighted by Gasteiger charge is 2.32. The summed E-state index contributed by atoms with van der Waals surface area (Å²) in [6, 6.07) is 7.82. The summed E-state index contributed by atoms with van der Waals surface area (Å²) in [5.41, 5.74) is 1.73. The molecule has 2 atom stereocenters. The lowest BCUT2D eigenvalue weighted by atomic mass is 9.75. The number of piperidine rings is 1. The Labute approximate surface area is 143 Å². The van der Waals surface area contributed by atoms with Crippen LogP contribution in [-0.4, -0.2) is 28.9 Å². The summed E-state index contributed by atoms with van der Waals surface area (Å²) in [7, 11) is 0. The number of benzene rings is 1. The van der Waals surface area contributed by atoms with Crippen molar-refractivity contribution in [3.05, 3.63) is 30.2 Å². The van der Waals surface area contributed by atoms with Crippen LogP contribution in [0.4, 0.5) is 0 Å². The van der Waals surface area contributed by atoms with Gasteiger partial charge in [0.1, 0.15) is 5.52 Å². The van der Waals surface area contributed by atoms with E-state index in [0.29, 0.717) is 12.3 Å². The van der Waals surface area contributed by atoms with Gasteiger partial charge >= 0.3 is 0 Å². The second-order valence-electron chi connectivity index (χ2n) is 7.36. The van der Waals surface area contributed by atoms with E-state index in [9.17, 15) is 4.79 Å². The first-order valence-corrected chi connectivity index (χ1v) is 9.42. The standard InChI is InChI=1S/C20H26N2O2/c23-20(22-13-12-15-6-1-2-7-16(15)14-22)11-5-10-19-21-17-8-3-4-9-18(17)24-19/h3-4,8-9,15-16H,1-2,5-7,10-14H2/t15-,16+/m0/s1. The van der Waals surface area contributed by atoms with Crippen molar-refractivity contribution in [3.8, 4) is 0 Å². The molecule has 0 bridgehead atoms. The van der Waals surface area contributed by atoms with Crippen molar-refractivity contribution in [1.29, 1.82) is 0 Å². The highest BCUT2D eigenvalue weighted by molar-refractivity contribution is 5.76. The first-order valence-electron chi connectivity index (χ1n) is 9.42. The number of fused-ring (bicyclic) bond motifs is 2. The fourth-order valence-electron chi connectivity index (χ4n) is 4.40. The molecule has 4 heteroatoms. The molecule has 1 aromatic carbocycles. The van der Waals surface area contributed by atoms with Gasteiger partial charge < -0.3 is 9.32 Å². The quantitative estimate of drug-likeness (QED) is 0.846. The molecule has 4 rings (SSSR count). The normalized spacial score (nSPS) is 24.1. The largest absolute Gasteiger partial charge is 0.441 e. The maximum absolute atomic E-state index is 12.5. The molecule has 2 heterocycles. The lowest BCUT2D eigenvalue weighted by Crippen LogP contribution is -2.44. The van der Waals surface area contributed by atoms with Gasteiger partial charge in [0.25, 0.3) is 0 Å². The molecule has 0 N–H and O–H groups in total. The topological polar surface area (TPSA) is 46.3 Å². The first-order chi connectivity index (χ1) is 11.8. The summed E-state index contributed by atoms with van der Waals surface area (Å²) >= 11 is 0. The third-order valence-electron chi connectivity index (χ3n) is 5.76. The van der Waals surface area contributed by atoms with Crippen molar-refractivity contribution >= 4 is 17.0 Å². The fraction of sp³-hybridized carbons (Fsp3) is 0.600. The molecule has 0 unspecified atom stereocenters. The van der Waals surface area contributed by atoms with Gasteiger partial charge in [-0.2, -0.15) is 0 Å². The Morgan fingerprint density at radius 2 is 2.00 bits per heavy atom. The Balaban J connectivity index is 1.27. The van der Waals surface area contributed by atoms with Gasteiger partial charge in [-0.15, -0.1) is 0 Å². The lowest BCUT2D eigenvalue weighted by Gasteiger charge is -2.41. The number of amides is 1. The average Bonchev–Trinajstić information content (AvgIpc) is 3.04. The minimum absolute atomic E-state index is 0.315. The second kappa shape index (κ2) is 6.96. The number of oxazole rings is 1. The molecule has 1 aromatic heterocycles. The van der Waals surface area contributed by atoms with Crippen LogP contribution in [-0.2, 0) is 11.2 Å². The van der Waals surface area contributed by atoms with E-state index in [1.165, 1.54) is 32.1 Å². The summed E-state index contributed by atoms with van der Waals surface area (Å²) < 4.78 is 5.73. The number of likely N-dealkylation sites (tertiary alicyclic amines) is 1. The Morgan fingerprint density at radius 3 is 2.88 bits per heavy atom. The number of hydrogen-bond acceptors (Lipinski definition) is 3. The van der Waals surface area contributed by atoms with Crippen molar-refractivity contribution in [3.63, 3.8) is 0 Å². The highest BCUT2D eigenvalue weighted by atomic mass is 16.3. The van der Waals surface area contributed by atoms with Crippen LogP contribution in [0.25, 0.3) is 11.1 Å². The van der Waals surface area contributed by atoms with Gasteiger partial charge in [0.2, 0.25) is 5.91 Å². The molecule has 2 aromatic rings. The Bertz CT molecular complexity index is 675. The molecule has 4 nitrogen and oxygen atoms in total. The molecule has 1 aliphatic heterocycles. The number of para-hydroxylation sites is 2. The molecular weight excluding hydrogens is 300 g/mol. The van der Waals surface area contributed by atoms with Crippen LogP contribution in [0.2, 0.25) is 0 Å². The maximum atomic E-state index is 12.5. The summed E-state index contributed by atoms with van der Waals surface area (Å²) in [5.74, 6) is 2.70. The predicted octanol–water partition coefficient (Wildman–Crippen LogP) is 4.19. The van der Waals surface area contributed by atoms with Gasteiger partial charge in [0.05, 0.1) is 0 Å². The van der Waals surface area contributed by atoms with Gasteiger partial charge in [0.15, 0.2) is 11.5 Å². The molecule has 2 fully saturated rings. The summed E-state index contributed by atoms with van der Waals surface area (Å²) in [5, 5.41) is 0. The number of nitrogens with zero attached hydrogens (tertiary/aromatic N) is 2. The minimum Gasteiger partial charge on any atom is -0.441 e. The number of aryl methyl sites for hydroxylation is 1. The lowest BCUT2D eigenvalue weighted by molar-refractivity contribution is -0.134. The Kier molecular flexibility index (Phi) is 4.54. The zero-order valence-corrected chi connectivity index (χ0v) is 14.2. The van der Waals surface area contributed by atoms with E-state index in [2.05, 4.69) is 9.88 Å². The van der Waals surface area contributed by atoms with E-state index in [1.807, 2.05) is 24.3 Å². The number of hydrogen-bond donors (Lipinski definition) is 0. The highest BCUT2D eigenvalue weighted by Crippen LogP contribution is 2.36. The molecule has 0 spiro atoms. The van der Waals surface area contributed by atoms with Gasteiger partial charge in [-0.1, -0.05) is 31.4 Å². The van der Waals surface area contributed by atoms with Crippen LogP contribution in [0.1, 0.15) is 50.8 Å². The SMILES string of the molecule is O=C(CCCc1nc2ccccc2o1)N1CC[C@@H]2CCCC[C@@H]2C1. The van der Waals surface area contributed by atoms with E-state index < -0.39 is 0 Å². The minimum atomic E-state index is 0.315. The predicted molar refractivity (Wildman–Crippen MR) is 93.6 cm³/mol. The Morgan fingerprint density at radius 1 is 1.17 bits per heavy atom. The molecule has 1 amide bonds. The van der Waals surface area contributed by atoms with Crippen LogP contribution in [0.5, 0.6) is 0 Å². The molecule has 128 valence electrons. The molecule has 2 aliphatic rings. The molecule has 0 radical (unpaired) electrons. The van der Waals surface area contributed by atoms with Crippen LogP contribution in [0.15, 0.2) is 28.7 Å². The number of carbonyl (C=O) groups is 1. The van der Waals surface area contributed by atoms with Crippen molar-refractivity contribution in [2.24, 2.45) is 11.8 Å². The second-order valence-corrected chi connectivity index (χ2v) is 7.36. The maximum Gasteiger partial charge on any atom is 0.222 e. The fourth-order valence-corrected chi connectivity index (χ4v) is 4.40. The van der Waals surface area contributed by atoms with E-state index in [1.54, 1.807) is 0 Å². The monoisotopic (exact) mass is 326 g/mol. The molecular formula is C20H26N2O2. The van der Waals surface area contributed by atoms with Crippen LogP contribution in [0.3, 0.4) is 0 Å². The summed E-state index contributed by atoms with van der Waals surface area (Å²) in [4.78, 5) is 19.1. The average molecular weight is 326 g/mol. The number of aromatic nitrogens is 1. The van der Waals surface area contributed by atoms with Gasteiger partial charge in [0, 0.05) is 25.9 Å². The van der Waals surface area contributed by atoms with Crippen molar-refractivity contribution in [1.82, 2.24) is 9.88 Å². The van der Waals surface area contributed by atoms with E-state index >= 15 is 0 Å². The van der Waals surface area contributed by atoms with Gasteiger partial charge in [-0.25, -0.2) is 4.98 Å². The number of carbonyl (C=O) groups excluding carboxylic acids is 1. The third-order valence-corrected chi connectivity index (χ3v) is 5.76. The molecule has 1 saturated heterocycles. The van der Waals surface area contributed by atoms with Crippen LogP contribution < -0.4 is 0 Å².